The molecule has 23 heavy (non-hydrogen) atoms. The highest BCUT2D eigenvalue weighted by atomic mass is 16.5. The van der Waals surface area contributed by atoms with Crippen LogP contribution in [-0.4, -0.2) is 14.8 Å². The highest BCUT2D eigenvalue weighted by Gasteiger charge is 2.22. The van der Waals surface area contributed by atoms with Gasteiger partial charge < -0.3 is 14.9 Å². The number of hydrogen-bond acceptors (Lipinski definition) is 5. The molecule has 0 aliphatic heterocycles. The third kappa shape index (κ3) is 3.12. The topological polar surface area (TPSA) is 79.1 Å². The summed E-state index contributed by atoms with van der Waals surface area (Å²) >= 11 is 0. The Morgan fingerprint density at radius 2 is 2.04 bits per heavy atom. The van der Waals surface area contributed by atoms with Crippen molar-refractivity contribution in [3.8, 4) is 17.3 Å². The molecule has 120 valence electrons. The van der Waals surface area contributed by atoms with Gasteiger partial charge in [-0.2, -0.15) is 5.10 Å². The van der Waals surface area contributed by atoms with E-state index in [1.165, 1.54) is 0 Å². The molecule has 0 amide bonds. The van der Waals surface area contributed by atoms with Gasteiger partial charge in [0, 0.05) is 6.54 Å². The quantitative estimate of drug-likeness (QED) is 0.757. The maximum absolute atomic E-state index is 6.02. The van der Waals surface area contributed by atoms with E-state index in [1.54, 1.807) is 6.20 Å². The molecule has 0 aliphatic carbocycles. The monoisotopic (exact) mass is 312 g/mol. The van der Waals surface area contributed by atoms with Crippen molar-refractivity contribution in [2.24, 2.45) is 5.73 Å². The van der Waals surface area contributed by atoms with E-state index < -0.39 is 0 Å². The van der Waals surface area contributed by atoms with Crippen molar-refractivity contribution in [2.45, 2.75) is 33.5 Å². The number of nitrogens with two attached hydrogens (primary N) is 1. The van der Waals surface area contributed by atoms with Gasteiger partial charge in [0.15, 0.2) is 11.4 Å². The van der Waals surface area contributed by atoms with Crippen molar-refractivity contribution in [2.75, 3.05) is 0 Å². The van der Waals surface area contributed by atoms with E-state index >= 15 is 0 Å². The maximum atomic E-state index is 6.02. The molecule has 0 aliphatic rings. The summed E-state index contributed by atoms with van der Waals surface area (Å²) in [7, 11) is 0. The summed E-state index contributed by atoms with van der Waals surface area (Å²) in [5.74, 6) is 1.81. The molecular formula is C17H20N4O2. The first-order valence-corrected chi connectivity index (χ1v) is 7.62. The van der Waals surface area contributed by atoms with Crippen LogP contribution in [0.1, 0.15) is 23.9 Å². The lowest BCUT2D eigenvalue weighted by atomic mass is 10.2. The molecule has 0 spiro atoms. The Bertz CT molecular complexity index is 777. The predicted octanol–water partition coefficient (Wildman–Crippen LogP) is 2.90. The first kappa shape index (κ1) is 15.3. The summed E-state index contributed by atoms with van der Waals surface area (Å²) in [4.78, 5) is 4.31. The first-order valence-electron chi connectivity index (χ1n) is 7.62. The fourth-order valence-electron chi connectivity index (χ4n) is 2.42. The van der Waals surface area contributed by atoms with E-state index in [-0.39, 0.29) is 0 Å². The van der Waals surface area contributed by atoms with Gasteiger partial charge in [0.2, 0.25) is 5.89 Å². The van der Waals surface area contributed by atoms with E-state index in [0.29, 0.717) is 37.1 Å². The van der Waals surface area contributed by atoms with Crippen molar-refractivity contribution in [1.82, 2.24) is 14.8 Å². The molecule has 6 heteroatoms. The molecule has 0 unspecified atom stereocenters. The van der Waals surface area contributed by atoms with Crippen LogP contribution in [0.2, 0.25) is 0 Å². The van der Waals surface area contributed by atoms with E-state index in [9.17, 15) is 0 Å². The average Bonchev–Trinajstić information content (AvgIpc) is 3.17. The molecule has 1 aromatic carbocycles. The summed E-state index contributed by atoms with van der Waals surface area (Å²) in [5.41, 5.74) is 8.26. The molecule has 0 bridgehead atoms. The largest absolute Gasteiger partial charge is 0.484 e. The van der Waals surface area contributed by atoms with Crippen LogP contribution in [0.25, 0.3) is 11.6 Å². The van der Waals surface area contributed by atoms with Crippen LogP contribution in [0.15, 0.2) is 40.9 Å². The van der Waals surface area contributed by atoms with Crippen LogP contribution in [0.5, 0.6) is 5.75 Å². The van der Waals surface area contributed by atoms with Crippen molar-refractivity contribution >= 4 is 0 Å². The third-order valence-electron chi connectivity index (χ3n) is 3.56. The van der Waals surface area contributed by atoms with Gasteiger partial charge in [0.1, 0.15) is 18.1 Å². The highest BCUT2D eigenvalue weighted by molar-refractivity contribution is 5.60. The normalized spacial score (nSPS) is 10.9. The van der Waals surface area contributed by atoms with E-state index in [1.807, 2.05) is 48.9 Å². The molecular weight excluding hydrogens is 292 g/mol. The second kappa shape index (κ2) is 6.66. The second-order valence-electron chi connectivity index (χ2n) is 5.19. The summed E-state index contributed by atoms with van der Waals surface area (Å²) in [6.07, 6.45) is 1.64. The summed E-state index contributed by atoms with van der Waals surface area (Å²) in [6.45, 7) is 5.42. The molecule has 0 atom stereocenters. The molecule has 3 rings (SSSR count). The number of nitrogens with zero attached hydrogens (tertiary/aromatic N) is 3. The minimum Gasteiger partial charge on any atom is -0.484 e. The minimum atomic E-state index is 0.312. The zero-order chi connectivity index (χ0) is 16.2. The van der Waals surface area contributed by atoms with Crippen molar-refractivity contribution < 1.29 is 9.15 Å². The van der Waals surface area contributed by atoms with Gasteiger partial charge >= 0.3 is 0 Å². The molecule has 3 aromatic rings. The Kier molecular flexibility index (Phi) is 4.43. The minimum absolute atomic E-state index is 0.312. The lowest BCUT2D eigenvalue weighted by molar-refractivity contribution is 0.304. The standard InChI is InChI=1S/C17H20N4O2/c1-3-21-15(17-19-10-14(9-18)23-17)16(12(2)20-21)22-11-13-7-5-4-6-8-13/h4-8,10H,3,9,11,18H2,1-2H3. The zero-order valence-corrected chi connectivity index (χ0v) is 13.3. The fraction of sp³-hybridized carbons (Fsp3) is 0.294. The van der Waals surface area contributed by atoms with Crippen molar-refractivity contribution in [3.63, 3.8) is 0 Å². The Labute approximate surface area is 134 Å². The van der Waals surface area contributed by atoms with Gasteiger partial charge in [-0.3, -0.25) is 4.68 Å². The van der Waals surface area contributed by atoms with E-state index in [4.69, 9.17) is 14.9 Å². The number of aromatic nitrogens is 3. The predicted molar refractivity (Wildman–Crippen MR) is 86.8 cm³/mol. The van der Waals surface area contributed by atoms with Crippen LogP contribution < -0.4 is 10.5 Å². The van der Waals surface area contributed by atoms with Crippen molar-refractivity contribution in [3.05, 3.63) is 53.5 Å². The van der Waals surface area contributed by atoms with Gasteiger partial charge in [-0.15, -0.1) is 0 Å². The summed E-state index contributed by atoms with van der Waals surface area (Å²) < 4.78 is 13.5. The van der Waals surface area contributed by atoms with E-state index in [2.05, 4.69) is 10.1 Å². The first-order chi connectivity index (χ1) is 11.2. The van der Waals surface area contributed by atoms with Gasteiger partial charge in [-0.05, 0) is 19.4 Å². The number of ether oxygens (including phenoxy) is 1. The van der Waals surface area contributed by atoms with E-state index in [0.717, 1.165) is 17.0 Å². The fourth-order valence-corrected chi connectivity index (χ4v) is 2.42. The molecule has 0 radical (unpaired) electrons. The number of rotatable bonds is 6. The van der Waals surface area contributed by atoms with Crippen LogP contribution in [-0.2, 0) is 19.7 Å². The molecule has 0 saturated carbocycles. The number of aryl methyl sites for hydroxylation is 2. The molecule has 6 nitrogen and oxygen atoms in total. The molecule has 0 saturated heterocycles. The Balaban J connectivity index is 1.94. The zero-order valence-electron chi connectivity index (χ0n) is 13.3. The number of oxazole rings is 1. The van der Waals surface area contributed by atoms with Gasteiger partial charge in [0.25, 0.3) is 0 Å². The SMILES string of the molecule is CCn1nc(C)c(OCc2ccccc2)c1-c1ncc(CN)o1. The Morgan fingerprint density at radius 1 is 1.26 bits per heavy atom. The molecule has 0 fully saturated rings. The highest BCUT2D eigenvalue weighted by Crippen LogP contribution is 2.33. The number of benzene rings is 1. The van der Waals surface area contributed by atoms with Crippen LogP contribution in [0.4, 0.5) is 0 Å². The van der Waals surface area contributed by atoms with Gasteiger partial charge in [-0.25, -0.2) is 4.98 Å². The van der Waals surface area contributed by atoms with Crippen LogP contribution in [0, 0.1) is 6.92 Å². The second-order valence-corrected chi connectivity index (χ2v) is 5.19. The van der Waals surface area contributed by atoms with Gasteiger partial charge in [0.05, 0.1) is 12.7 Å². The smallest absolute Gasteiger partial charge is 0.248 e. The van der Waals surface area contributed by atoms with Crippen LogP contribution >= 0.6 is 0 Å². The Hall–Kier alpha value is -2.60. The molecule has 2 aromatic heterocycles. The lowest BCUT2D eigenvalue weighted by Gasteiger charge is -2.08. The number of hydrogen-bond donors (Lipinski definition) is 1. The summed E-state index contributed by atoms with van der Waals surface area (Å²) in [5, 5.41) is 4.51. The molecule has 2 N–H and O–H groups in total. The lowest BCUT2D eigenvalue weighted by Crippen LogP contribution is -2.01. The van der Waals surface area contributed by atoms with Crippen molar-refractivity contribution in [1.29, 1.82) is 0 Å². The molecule has 2 heterocycles. The maximum Gasteiger partial charge on any atom is 0.248 e. The third-order valence-corrected chi connectivity index (χ3v) is 3.56. The summed E-state index contributed by atoms with van der Waals surface area (Å²) in [6, 6.07) is 10.0. The van der Waals surface area contributed by atoms with Crippen LogP contribution in [0.3, 0.4) is 0 Å². The van der Waals surface area contributed by atoms with Gasteiger partial charge in [-0.1, -0.05) is 30.3 Å². The average molecular weight is 312 g/mol. The Morgan fingerprint density at radius 3 is 2.70 bits per heavy atom.